The van der Waals surface area contributed by atoms with Gasteiger partial charge < -0.3 is 4.74 Å². The molecule has 0 atom stereocenters. The van der Waals surface area contributed by atoms with Gasteiger partial charge in [-0.3, -0.25) is 9.10 Å². The molecule has 3 rings (SSSR count). The van der Waals surface area contributed by atoms with E-state index in [0.717, 1.165) is 11.1 Å². The summed E-state index contributed by atoms with van der Waals surface area (Å²) in [5.41, 5.74) is 3.38. The molecule has 1 saturated heterocycles. The molecule has 142 valence electrons. The maximum atomic E-state index is 12.2. The molecule has 1 heterocycles. The highest BCUT2D eigenvalue weighted by atomic mass is 32.2. The number of rotatable bonds is 5. The minimum Gasteiger partial charge on any atom is -0.454 e. The van der Waals surface area contributed by atoms with E-state index in [1.165, 1.54) is 16.4 Å². The smallest absolute Gasteiger partial charge is 0.338 e. The van der Waals surface area contributed by atoms with Crippen LogP contribution in [0, 0.1) is 13.8 Å². The maximum absolute atomic E-state index is 12.2. The van der Waals surface area contributed by atoms with Crippen molar-refractivity contribution in [2.45, 2.75) is 20.3 Å². The Morgan fingerprint density at radius 3 is 2.26 bits per heavy atom. The number of nitrogens with zero attached hydrogens (tertiary/aromatic N) is 1. The van der Waals surface area contributed by atoms with Gasteiger partial charge in [0.15, 0.2) is 12.4 Å². The second-order valence-electron chi connectivity index (χ2n) is 6.59. The number of Topliss-reactive ketones (excluding diaryl/α,β-unsaturated/α-hetero) is 1. The predicted octanol–water partition coefficient (Wildman–Crippen LogP) is 2.88. The second-order valence-corrected chi connectivity index (χ2v) is 8.60. The van der Waals surface area contributed by atoms with Crippen LogP contribution < -0.4 is 4.31 Å². The quantitative estimate of drug-likeness (QED) is 0.582. The molecule has 0 unspecified atom stereocenters. The Balaban J connectivity index is 1.62. The largest absolute Gasteiger partial charge is 0.454 e. The molecule has 1 aliphatic heterocycles. The van der Waals surface area contributed by atoms with Gasteiger partial charge in [-0.05, 0) is 61.7 Å². The van der Waals surface area contributed by atoms with Crippen LogP contribution in [0.1, 0.15) is 38.3 Å². The van der Waals surface area contributed by atoms with Gasteiger partial charge in [-0.25, -0.2) is 13.2 Å². The van der Waals surface area contributed by atoms with Gasteiger partial charge in [0.05, 0.1) is 17.0 Å². The molecular formula is C20H21NO5S. The summed E-state index contributed by atoms with van der Waals surface area (Å²) in [4.78, 5) is 24.3. The first kappa shape index (κ1) is 19.1. The molecule has 7 heteroatoms. The summed E-state index contributed by atoms with van der Waals surface area (Å²) in [5.74, 6) is -0.758. The van der Waals surface area contributed by atoms with E-state index in [9.17, 15) is 18.0 Å². The van der Waals surface area contributed by atoms with Crippen LogP contribution in [0.5, 0.6) is 0 Å². The van der Waals surface area contributed by atoms with Crippen molar-refractivity contribution in [2.24, 2.45) is 0 Å². The fourth-order valence-corrected chi connectivity index (χ4v) is 4.47. The second kappa shape index (κ2) is 7.52. The molecule has 0 N–H and O–H groups in total. The molecule has 0 saturated carbocycles. The summed E-state index contributed by atoms with van der Waals surface area (Å²) in [5, 5.41) is 0. The number of carbonyl (C=O) groups is 2. The minimum absolute atomic E-state index is 0.136. The van der Waals surface area contributed by atoms with Crippen LogP contribution in [-0.4, -0.2) is 39.1 Å². The third kappa shape index (κ3) is 4.19. The van der Waals surface area contributed by atoms with E-state index in [2.05, 4.69) is 0 Å². The van der Waals surface area contributed by atoms with E-state index in [1.54, 1.807) is 24.3 Å². The van der Waals surface area contributed by atoms with Crippen molar-refractivity contribution in [1.82, 2.24) is 0 Å². The SMILES string of the molecule is Cc1ccc(C(=O)COC(=O)c2ccc(N3CCCS3(=O)=O)cc2)cc1C. The van der Waals surface area contributed by atoms with Gasteiger partial charge in [0, 0.05) is 12.1 Å². The van der Waals surface area contributed by atoms with E-state index in [-0.39, 0.29) is 23.7 Å². The molecule has 0 amide bonds. The number of hydrogen-bond donors (Lipinski definition) is 0. The molecule has 6 nitrogen and oxygen atoms in total. The van der Waals surface area contributed by atoms with E-state index in [4.69, 9.17) is 4.74 Å². The highest BCUT2D eigenvalue weighted by Crippen LogP contribution is 2.24. The Hall–Kier alpha value is -2.67. The van der Waals surface area contributed by atoms with Crippen molar-refractivity contribution in [1.29, 1.82) is 0 Å². The Morgan fingerprint density at radius 1 is 1.00 bits per heavy atom. The fourth-order valence-electron chi connectivity index (χ4n) is 2.91. The maximum Gasteiger partial charge on any atom is 0.338 e. The van der Waals surface area contributed by atoms with Crippen molar-refractivity contribution < 1.29 is 22.7 Å². The van der Waals surface area contributed by atoms with Crippen LogP contribution >= 0.6 is 0 Å². The lowest BCUT2D eigenvalue weighted by atomic mass is 10.0. The molecule has 2 aromatic rings. The average Bonchev–Trinajstić information content (AvgIpc) is 3.01. The van der Waals surface area contributed by atoms with E-state index in [1.807, 2.05) is 19.9 Å². The van der Waals surface area contributed by atoms with Gasteiger partial charge >= 0.3 is 5.97 Å². The zero-order valence-corrected chi connectivity index (χ0v) is 16.1. The van der Waals surface area contributed by atoms with Gasteiger partial charge in [0.2, 0.25) is 10.0 Å². The van der Waals surface area contributed by atoms with Gasteiger partial charge in [0.1, 0.15) is 0 Å². The van der Waals surface area contributed by atoms with Crippen LogP contribution in [0.25, 0.3) is 0 Å². The monoisotopic (exact) mass is 387 g/mol. The molecule has 27 heavy (non-hydrogen) atoms. The molecule has 0 aromatic heterocycles. The molecule has 1 aliphatic rings. The lowest BCUT2D eigenvalue weighted by molar-refractivity contribution is 0.0475. The summed E-state index contributed by atoms with van der Waals surface area (Å²) in [6, 6.07) is 11.5. The summed E-state index contributed by atoms with van der Waals surface area (Å²) in [6.07, 6.45) is 0.590. The van der Waals surface area contributed by atoms with Crippen LogP contribution in [0.4, 0.5) is 5.69 Å². The van der Waals surface area contributed by atoms with Gasteiger partial charge in [-0.2, -0.15) is 0 Å². The summed E-state index contributed by atoms with van der Waals surface area (Å²) in [6.45, 7) is 3.97. The Bertz CT molecular complexity index is 980. The summed E-state index contributed by atoms with van der Waals surface area (Å²) in [7, 11) is -3.26. The van der Waals surface area contributed by atoms with Gasteiger partial charge in [0.25, 0.3) is 0 Å². The van der Waals surface area contributed by atoms with Crippen LogP contribution in [0.3, 0.4) is 0 Å². The van der Waals surface area contributed by atoms with E-state index in [0.29, 0.717) is 24.2 Å². The average molecular weight is 387 g/mol. The Morgan fingerprint density at radius 2 is 1.67 bits per heavy atom. The molecule has 2 aromatic carbocycles. The van der Waals surface area contributed by atoms with Gasteiger partial charge in [-0.15, -0.1) is 0 Å². The zero-order valence-electron chi connectivity index (χ0n) is 15.3. The van der Waals surface area contributed by atoms with Crippen LogP contribution in [-0.2, 0) is 14.8 Å². The topological polar surface area (TPSA) is 80.8 Å². The number of benzene rings is 2. The van der Waals surface area contributed by atoms with Crippen molar-refractivity contribution in [2.75, 3.05) is 23.2 Å². The summed E-state index contributed by atoms with van der Waals surface area (Å²) >= 11 is 0. The minimum atomic E-state index is -3.26. The Labute approximate surface area is 158 Å². The van der Waals surface area contributed by atoms with Gasteiger partial charge in [-0.1, -0.05) is 12.1 Å². The number of sulfonamides is 1. The highest BCUT2D eigenvalue weighted by molar-refractivity contribution is 7.93. The molecule has 0 bridgehead atoms. The zero-order chi connectivity index (χ0) is 19.6. The Kier molecular flexibility index (Phi) is 5.32. The van der Waals surface area contributed by atoms with E-state index >= 15 is 0 Å². The number of aryl methyl sites for hydroxylation is 2. The first-order valence-electron chi connectivity index (χ1n) is 8.66. The number of hydrogen-bond acceptors (Lipinski definition) is 5. The first-order valence-corrected chi connectivity index (χ1v) is 10.3. The third-order valence-electron chi connectivity index (χ3n) is 4.65. The molecule has 0 radical (unpaired) electrons. The number of ketones is 1. The number of esters is 1. The lowest BCUT2D eigenvalue weighted by Crippen LogP contribution is -2.25. The van der Waals surface area contributed by atoms with Crippen molar-refractivity contribution >= 4 is 27.5 Å². The van der Waals surface area contributed by atoms with Crippen LogP contribution in [0.15, 0.2) is 42.5 Å². The predicted molar refractivity (Wildman–Crippen MR) is 103 cm³/mol. The standard InChI is InChI=1S/C20H21NO5S/c1-14-4-5-17(12-15(14)2)19(22)13-26-20(23)16-6-8-18(9-7-16)21-10-3-11-27(21,24)25/h4-9,12H,3,10-11,13H2,1-2H3. The molecule has 0 aliphatic carbocycles. The summed E-state index contributed by atoms with van der Waals surface area (Å²) < 4.78 is 30.3. The number of anilines is 1. The molecular weight excluding hydrogens is 366 g/mol. The molecule has 0 spiro atoms. The van der Waals surface area contributed by atoms with Crippen molar-refractivity contribution in [3.8, 4) is 0 Å². The first-order chi connectivity index (χ1) is 12.8. The highest BCUT2D eigenvalue weighted by Gasteiger charge is 2.28. The molecule has 1 fully saturated rings. The third-order valence-corrected chi connectivity index (χ3v) is 6.52. The number of ether oxygens (including phenoxy) is 1. The lowest BCUT2D eigenvalue weighted by Gasteiger charge is -2.16. The van der Waals surface area contributed by atoms with Crippen molar-refractivity contribution in [3.05, 3.63) is 64.7 Å². The van der Waals surface area contributed by atoms with Crippen LogP contribution in [0.2, 0.25) is 0 Å². The fraction of sp³-hybridized carbons (Fsp3) is 0.300. The van der Waals surface area contributed by atoms with E-state index < -0.39 is 16.0 Å². The number of carbonyl (C=O) groups excluding carboxylic acids is 2. The van der Waals surface area contributed by atoms with Crippen molar-refractivity contribution in [3.63, 3.8) is 0 Å². The normalized spacial score (nSPS) is 15.6.